The number of nitrogens with zero attached hydrogens (tertiary/aromatic N) is 4. The number of carbonyl (C=O) groups is 1. The summed E-state index contributed by atoms with van der Waals surface area (Å²) in [5.74, 6) is 0.703. The van der Waals surface area contributed by atoms with Gasteiger partial charge in [-0.25, -0.2) is 4.98 Å². The Bertz CT molecular complexity index is 690. The molecular weight excluding hydrogens is 314 g/mol. The number of aryl methyl sites for hydroxylation is 1. The van der Waals surface area contributed by atoms with E-state index in [9.17, 15) is 4.79 Å². The van der Waals surface area contributed by atoms with Crippen LogP contribution in [0.2, 0.25) is 0 Å². The maximum atomic E-state index is 11.7. The average Bonchev–Trinajstić information content (AvgIpc) is 2.99. The monoisotopic (exact) mass is 333 g/mol. The molecule has 2 aromatic heterocycles. The zero-order chi connectivity index (χ0) is 16.2. The van der Waals surface area contributed by atoms with Crippen LogP contribution >= 0.6 is 11.3 Å². The SMILES string of the molecule is Cc1nnc(Nc2cccc([C@H]3CCCN(C(=O)CO)C3)n2)s1. The Hall–Kier alpha value is -2.06. The number of rotatable bonds is 4. The highest BCUT2D eigenvalue weighted by Gasteiger charge is 2.25. The molecule has 1 amide bonds. The van der Waals surface area contributed by atoms with Crippen molar-refractivity contribution in [3.63, 3.8) is 0 Å². The second kappa shape index (κ2) is 7.01. The van der Waals surface area contributed by atoms with Gasteiger partial charge in [0.1, 0.15) is 17.4 Å². The second-order valence-electron chi connectivity index (χ2n) is 5.54. The first-order valence-electron chi connectivity index (χ1n) is 7.58. The van der Waals surface area contributed by atoms with E-state index in [2.05, 4.69) is 20.5 Å². The van der Waals surface area contributed by atoms with Gasteiger partial charge in [0.15, 0.2) is 0 Å². The van der Waals surface area contributed by atoms with Gasteiger partial charge < -0.3 is 15.3 Å². The first kappa shape index (κ1) is 15.8. The molecule has 0 unspecified atom stereocenters. The molecule has 0 spiro atoms. The lowest BCUT2D eigenvalue weighted by Gasteiger charge is -2.32. The number of hydrogen-bond acceptors (Lipinski definition) is 7. The topological polar surface area (TPSA) is 91.2 Å². The molecule has 1 aliphatic rings. The molecule has 0 saturated carbocycles. The Morgan fingerprint density at radius 2 is 2.35 bits per heavy atom. The predicted molar refractivity (Wildman–Crippen MR) is 87.8 cm³/mol. The molecule has 3 heterocycles. The van der Waals surface area contributed by atoms with Gasteiger partial charge in [-0.3, -0.25) is 4.79 Å². The zero-order valence-corrected chi connectivity index (χ0v) is 13.7. The van der Waals surface area contributed by atoms with Gasteiger partial charge in [-0.2, -0.15) is 0 Å². The molecule has 7 nitrogen and oxygen atoms in total. The van der Waals surface area contributed by atoms with Crippen LogP contribution in [-0.4, -0.2) is 50.8 Å². The summed E-state index contributed by atoms with van der Waals surface area (Å²) in [6, 6.07) is 5.82. The molecule has 0 radical (unpaired) electrons. The number of piperidine rings is 1. The number of amides is 1. The van der Waals surface area contributed by atoms with E-state index >= 15 is 0 Å². The summed E-state index contributed by atoms with van der Waals surface area (Å²) in [6.07, 6.45) is 1.91. The molecule has 0 aromatic carbocycles. The first-order chi connectivity index (χ1) is 11.2. The fraction of sp³-hybridized carbons (Fsp3) is 0.467. The number of pyridine rings is 1. The Kier molecular flexibility index (Phi) is 4.82. The van der Waals surface area contributed by atoms with Crippen LogP contribution in [0.15, 0.2) is 18.2 Å². The highest BCUT2D eigenvalue weighted by molar-refractivity contribution is 7.15. The third-order valence-electron chi connectivity index (χ3n) is 3.86. The molecule has 8 heteroatoms. The Morgan fingerprint density at radius 1 is 1.48 bits per heavy atom. The fourth-order valence-electron chi connectivity index (χ4n) is 2.75. The lowest BCUT2D eigenvalue weighted by molar-refractivity contribution is -0.135. The van der Waals surface area contributed by atoms with Crippen LogP contribution in [0.1, 0.15) is 29.5 Å². The van der Waals surface area contributed by atoms with Crippen molar-refractivity contribution in [3.8, 4) is 0 Å². The lowest BCUT2D eigenvalue weighted by atomic mass is 9.94. The van der Waals surface area contributed by atoms with Crippen LogP contribution in [-0.2, 0) is 4.79 Å². The zero-order valence-electron chi connectivity index (χ0n) is 12.9. The number of nitrogens with one attached hydrogen (secondary N) is 1. The number of hydrogen-bond donors (Lipinski definition) is 2. The summed E-state index contributed by atoms with van der Waals surface area (Å²) in [7, 11) is 0. The molecule has 0 bridgehead atoms. The molecule has 2 N–H and O–H groups in total. The predicted octanol–water partition coefficient (Wildman–Crippen LogP) is 1.68. The molecular formula is C15H19N5O2S. The molecule has 122 valence electrons. The van der Waals surface area contributed by atoms with Gasteiger partial charge in [0.25, 0.3) is 0 Å². The van der Waals surface area contributed by atoms with Crippen molar-refractivity contribution in [1.82, 2.24) is 20.1 Å². The van der Waals surface area contributed by atoms with E-state index in [1.807, 2.05) is 25.1 Å². The molecule has 1 saturated heterocycles. The van der Waals surface area contributed by atoms with Crippen molar-refractivity contribution in [2.75, 3.05) is 25.0 Å². The number of aliphatic hydroxyl groups excluding tert-OH is 1. The minimum Gasteiger partial charge on any atom is -0.387 e. The van der Waals surface area contributed by atoms with E-state index < -0.39 is 6.61 Å². The van der Waals surface area contributed by atoms with Crippen LogP contribution in [0, 0.1) is 6.92 Å². The highest BCUT2D eigenvalue weighted by atomic mass is 32.1. The third kappa shape index (κ3) is 3.83. The van der Waals surface area contributed by atoms with Crippen LogP contribution in [0.4, 0.5) is 10.9 Å². The van der Waals surface area contributed by atoms with Crippen molar-refractivity contribution < 1.29 is 9.90 Å². The van der Waals surface area contributed by atoms with Gasteiger partial charge in [0.05, 0.1) is 0 Å². The van der Waals surface area contributed by atoms with E-state index in [0.717, 1.165) is 29.4 Å². The quantitative estimate of drug-likeness (QED) is 0.884. The van der Waals surface area contributed by atoms with E-state index in [4.69, 9.17) is 5.11 Å². The Morgan fingerprint density at radius 3 is 3.09 bits per heavy atom. The molecule has 1 aliphatic heterocycles. The largest absolute Gasteiger partial charge is 0.387 e. The maximum Gasteiger partial charge on any atom is 0.248 e. The molecule has 0 aliphatic carbocycles. The van der Waals surface area contributed by atoms with Gasteiger partial charge in [-0.1, -0.05) is 17.4 Å². The summed E-state index contributed by atoms with van der Waals surface area (Å²) in [6.45, 7) is 2.78. The second-order valence-corrected chi connectivity index (χ2v) is 6.72. The van der Waals surface area contributed by atoms with Crippen molar-refractivity contribution >= 4 is 28.2 Å². The normalized spacial score (nSPS) is 18.0. The lowest BCUT2D eigenvalue weighted by Crippen LogP contribution is -2.40. The van der Waals surface area contributed by atoms with E-state index in [0.29, 0.717) is 18.2 Å². The Balaban J connectivity index is 1.72. The number of carbonyl (C=O) groups excluding carboxylic acids is 1. The van der Waals surface area contributed by atoms with Crippen molar-refractivity contribution in [3.05, 3.63) is 28.9 Å². The first-order valence-corrected chi connectivity index (χ1v) is 8.40. The number of aromatic nitrogens is 3. The van der Waals surface area contributed by atoms with Gasteiger partial charge >= 0.3 is 0 Å². The van der Waals surface area contributed by atoms with Gasteiger partial charge in [-0.15, -0.1) is 10.2 Å². The smallest absolute Gasteiger partial charge is 0.248 e. The van der Waals surface area contributed by atoms with Crippen LogP contribution in [0.5, 0.6) is 0 Å². The number of anilines is 2. The molecule has 1 atom stereocenters. The standard InChI is InChI=1S/C15H19N5O2S/c1-10-18-19-15(23-10)17-13-6-2-5-12(16-13)11-4-3-7-20(8-11)14(22)9-21/h2,5-6,11,21H,3-4,7-9H2,1H3,(H,16,17,19)/t11-/m0/s1. The highest BCUT2D eigenvalue weighted by Crippen LogP contribution is 2.27. The summed E-state index contributed by atoms with van der Waals surface area (Å²) in [5.41, 5.74) is 0.951. The molecule has 23 heavy (non-hydrogen) atoms. The molecule has 1 fully saturated rings. The Labute approximate surface area is 138 Å². The average molecular weight is 333 g/mol. The van der Waals surface area contributed by atoms with Crippen molar-refractivity contribution in [2.24, 2.45) is 0 Å². The summed E-state index contributed by atoms with van der Waals surface area (Å²) in [4.78, 5) is 18.0. The van der Waals surface area contributed by atoms with Crippen molar-refractivity contribution in [1.29, 1.82) is 0 Å². The minimum absolute atomic E-state index is 0.192. The number of likely N-dealkylation sites (tertiary alicyclic amines) is 1. The van der Waals surface area contributed by atoms with Gasteiger partial charge in [0, 0.05) is 24.7 Å². The van der Waals surface area contributed by atoms with Gasteiger partial charge in [0.2, 0.25) is 11.0 Å². The molecule has 2 aromatic rings. The van der Waals surface area contributed by atoms with E-state index in [-0.39, 0.29) is 11.8 Å². The van der Waals surface area contributed by atoms with E-state index in [1.165, 1.54) is 11.3 Å². The van der Waals surface area contributed by atoms with Crippen LogP contribution in [0.3, 0.4) is 0 Å². The van der Waals surface area contributed by atoms with E-state index in [1.54, 1.807) is 4.90 Å². The maximum absolute atomic E-state index is 11.7. The summed E-state index contributed by atoms with van der Waals surface area (Å²) < 4.78 is 0. The molecule has 3 rings (SSSR count). The van der Waals surface area contributed by atoms with Crippen LogP contribution in [0.25, 0.3) is 0 Å². The van der Waals surface area contributed by atoms with Crippen molar-refractivity contribution in [2.45, 2.75) is 25.7 Å². The van der Waals surface area contributed by atoms with Crippen LogP contribution < -0.4 is 5.32 Å². The fourth-order valence-corrected chi connectivity index (χ4v) is 3.35. The summed E-state index contributed by atoms with van der Waals surface area (Å²) in [5, 5.41) is 21.8. The van der Waals surface area contributed by atoms with Gasteiger partial charge in [-0.05, 0) is 31.9 Å². The minimum atomic E-state index is -0.432. The number of aliphatic hydroxyl groups is 1. The summed E-state index contributed by atoms with van der Waals surface area (Å²) >= 11 is 1.48. The third-order valence-corrected chi connectivity index (χ3v) is 4.61.